The van der Waals surface area contributed by atoms with E-state index in [1.165, 1.54) is 11.5 Å². The van der Waals surface area contributed by atoms with Crippen LogP contribution in [-0.2, 0) is 4.79 Å². The number of likely N-dealkylation sites (N-methyl/N-ethyl adjacent to an activating group) is 1. The van der Waals surface area contributed by atoms with Gasteiger partial charge in [-0.05, 0) is 49.0 Å². The van der Waals surface area contributed by atoms with Gasteiger partial charge in [-0.1, -0.05) is 0 Å². The van der Waals surface area contributed by atoms with Gasteiger partial charge in [0.15, 0.2) is 0 Å². The summed E-state index contributed by atoms with van der Waals surface area (Å²) in [5, 5.41) is 9.84. The molecule has 1 N–H and O–H groups in total. The van der Waals surface area contributed by atoms with E-state index in [1.54, 1.807) is 0 Å². The van der Waals surface area contributed by atoms with Crippen molar-refractivity contribution in [2.75, 3.05) is 18.6 Å². The van der Waals surface area contributed by atoms with Crippen LogP contribution in [0.4, 0.5) is 0 Å². The van der Waals surface area contributed by atoms with E-state index in [0.29, 0.717) is 5.41 Å². The normalized spacial score (nSPS) is 35.4. The molecule has 0 aromatic carbocycles. The maximum Gasteiger partial charge on any atom is 0.225 e. The van der Waals surface area contributed by atoms with Crippen LogP contribution < -0.4 is 0 Å². The number of amides is 1. The molecule has 2 saturated carbocycles. The van der Waals surface area contributed by atoms with Crippen LogP contribution in [0.5, 0.6) is 0 Å². The van der Waals surface area contributed by atoms with E-state index in [1.807, 2.05) is 23.7 Å². The number of hydrogen-bond acceptors (Lipinski definition) is 3. The van der Waals surface area contributed by atoms with Crippen molar-refractivity contribution in [1.82, 2.24) is 4.90 Å². The molecule has 3 fully saturated rings. The molecular formula is C13H21NO2S. The monoisotopic (exact) mass is 255 g/mol. The molecule has 3 aliphatic rings. The topological polar surface area (TPSA) is 40.5 Å². The first-order valence-corrected chi connectivity index (χ1v) is 7.79. The molecular weight excluding hydrogens is 234 g/mol. The highest BCUT2D eigenvalue weighted by atomic mass is 32.2. The molecule has 3 rings (SSSR count). The third-order valence-electron chi connectivity index (χ3n) is 4.81. The Hall–Kier alpha value is -0.220. The van der Waals surface area contributed by atoms with Gasteiger partial charge in [0.1, 0.15) is 0 Å². The van der Waals surface area contributed by atoms with E-state index < -0.39 is 0 Å². The lowest BCUT2D eigenvalue weighted by molar-refractivity contribution is -0.145. The fourth-order valence-electron chi connectivity index (χ4n) is 3.61. The highest BCUT2D eigenvalue weighted by molar-refractivity contribution is 8.00. The number of carbonyl (C=O) groups is 1. The maximum atomic E-state index is 12.3. The van der Waals surface area contributed by atoms with Gasteiger partial charge < -0.3 is 10.0 Å². The third-order valence-corrected chi connectivity index (χ3v) is 6.45. The van der Waals surface area contributed by atoms with Crippen LogP contribution >= 0.6 is 11.8 Å². The van der Waals surface area contributed by atoms with Gasteiger partial charge in [0.25, 0.3) is 0 Å². The highest BCUT2D eigenvalue weighted by Gasteiger charge is 2.52. The molecule has 96 valence electrons. The summed E-state index contributed by atoms with van der Waals surface area (Å²) < 4.78 is 0. The zero-order valence-corrected chi connectivity index (χ0v) is 11.2. The predicted molar refractivity (Wildman–Crippen MR) is 68.9 cm³/mol. The lowest BCUT2D eigenvalue weighted by atomic mass is 9.63. The molecule has 4 heteroatoms. The second-order valence-corrected chi connectivity index (χ2v) is 7.10. The van der Waals surface area contributed by atoms with Gasteiger partial charge in [-0.25, -0.2) is 0 Å². The van der Waals surface area contributed by atoms with Crippen molar-refractivity contribution in [1.29, 1.82) is 0 Å². The minimum atomic E-state index is -0.294. The summed E-state index contributed by atoms with van der Waals surface area (Å²) in [7, 11) is 1.88. The number of thioether (sulfide) groups is 1. The van der Waals surface area contributed by atoms with E-state index in [0.717, 1.165) is 32.1 Å². The van der Waals surface area contributed by atoms with Crippen LogP contribution in [0.15, 0.2) is 0 Å². The summed E-state index contributed by atoms with van der Waals surface area (Å²) in [4.78, 5) is 14.1. The Kier molecular flexibility index (Phi) is 2.90. The fourth-order valence-corrected chi connectivity index (χ4v) is 4.86. The molecule has 1 saturated heterocycles. The van der Waals surface area contributed by atoms with Gasteiger partial charge in [0.05, 0.1) is 12.1 Å². The van der Waals surface area contributed by atoms with Crippen LogP contribution in [0, 0.1) is 11.3 Å². The number of rotatable bonds is 2. The quantitative estimate of drug-likeness (QED) is 0.813. The van der Waals surface area contributed by atoms with E-state index in [-0.39, 0.29) is 24.0 Å². The Bertz CT molecular complexity index is 321. The average Bonchev–Trinajstić information content (AvgIpc) is 2.58. The van der Waals surface area contributed by atoms with Crippen molar-refractivity contribution >= 4 is 17.7 Å². The van der Waals surface area contributed by atoms with E-state index >= 15 is 0 Å². The Labute approximate surface area is 107 Å². The largest absolute Gasteiger partial charge is 0.391 e. The molecule has 1 amide bonds. The smallest absolute Gasteiger partial charge is 0.225 e. The highest BCUT2D eigenvalue weighted by Crippen LogP contribution is 2.56. The average molecular weight is 255 g/mol. The minimum absolute atomic E-state index is 0.0785. The van der Waals surface area contributed by atoms with Gasteiger partial charge in [0, 0.05) is 13.0 Å². The van der Waals surface area contributed by atoms with E-state index in [2.05, 4.69) is 0 Å². The van der Waals surface area contributed by atoms with E-state index in [9.17, 15) is 9.90 Å². The van der Waals surface area contributed by atoms with Gasteiger partial charge in [-0.3, -0.25) is 4.79 Å². The Balaban J connectivity index is 1.55. The zero-order chi connectivity index (χ0) is 12.0. The van der Waals surface area contributed by atoms with Gasteiger partial charge in [-0.2, -0.15) is 11.8 Å². The summed E-state index contributed by atoms with van der Waals surface area (Å²) in [6.07, 6.45) is 4.76. The van der Waals surface area contributed by atoms with Gasteiger partial charge in [-0.15, -0.1) is 0 Å². The Morgan fingerprint density at radius 1 is 1.35 bits per heavy atom. The first-order chi connectivity index (χ1) is 8.11. The predicted octanol–water partition coefficient (Wildman–Crippen LogP) is 1.50. The summed E-state index contributed by atoms with van der Waals surface area (Å²) in [5.74, 6) is 3.03. The van der Waals surface area contributed by atoms with Crippen molar-refractivity contribution in [2.45, 2.75) is 44.2 Å². The lowest BCUT2D eigenvalue weighted by Crippen LogP contribution is -2.54. The van der Waals surface area contributed by atoms with Crippen LogP contribution in [0.1, 0.15) is 32.1 Å². The molecule has 17 heavy (non-hydrogen) atoms. The summed E-state index contributed by atoms with van der Waals surface area (Å²) in [5.41, 5.74) is 0.528. The molecule has 1 spiro atoms. The maximum absolute atomic E-state index is 12.3. The van der Waals surface area contributed by atoms with Crippen molar-refractivity contribution in [3.05, 3.63) is 0 Å². The molecule has 1 heterocycles. The van der Waals surface area contributed by atoms with Gasteiger partial charge >= 0.3 is 0 Å². The first-order valence-electron chi connectivity index (χ1n) is 6.64. The molecule has 0 bridgehead atoms. The number of aliphatic hydroxyl groups excluding tert-OH is 1. The van der Waals surface area contributed by atoms with Crippen molar-refractivity contribution in [3.63, 3.8) is 0 Å². The lowest BCUT2D eigenvalue weighted by Gasteiger charge is -2.53. The van der Waals surface area contributed by atoms with Crippen LogP contribution in [0.3, 0.4) is 0 Å². The molecule has 1 aliphatic heterocycles. The molecule has 2 aliphatic carbocycles. The Morgan fingerprint density at radius 3 is 2.53 bits per heavy atom. The summed E-state index contributed by atoms with van der Waals surface area (Å²) in [6, 6.07) is 0.0785. The summed E-state index contributed by atoms with van der Waals surface area (Å²) in [6.45, 7) is 0. The fraction of sp³-hybridized carbons (Fsp3) is 0.923. The summed E-state index contributed by atoms with van der Waals surface area (Å²) >= 11 is 2.00. The number of nitrogens with zero attached hydrogens (tertiary/aromatic N) is 1. The third kappa shape index (κ3) is 1.89. The first kappa shape index (κ1) is 11.8. The molecule has 0 unspecified atom stereocenters. The minimum Gasteiger partial charge on any atom is -0.391 e. The van der Waals surface area contributed by atoms with Crippen molar-refractivity contribution in [2.24, 2.45) is 11.3 Å². The van der Waals surface area contributed by atoms with Crippen LogP contribution in [0.2, 0.25) is 0 Å². The molecule has 2 atom stereocenters. The second kappa shape index (κ2) is 4.16. The van der Waals surface area contributed by atoms with Gasteiger partial charge in [0.2, 0.25) is 5.91 Å². The molecule has 0 aromatic heterocycles. The zero-order valence-electron chi connectivity index (χ0n) is 10.4. The van der Waals surface area contributed by atoms with Crippen LogP contribution in [-0.4, -0.2) is 46.6 Å². The molecule has 3 nitrogen and oxygen atoms in total. The number of carbonyl (C=O) groups excluding carboxylic acids is 1. The molecule has 0 aromatic rings. The molecule has 0 radical (unpaired) electrons. The number of hydrogen-bond donors (Lipinski definition) is 1. The van der Waals surface area contributed by atoms with E-state index in [4.69, 9.17) is 0 Å². The van der Waals surface area contributed by atoms with Crippen molar-refractivity contribution < 1.29 is 9.90 Å². The van der Waals surface area contributed by atoms with Crippen molar-refractivity contribution in [3.8, 4) is 0 Å². The second-order valence-electron chi connectivity index (χ2n) is 6.11. The standard InChI is InChI=1S/C13H21NO2S/c1-14(10-3-2-4-11(10)15)12(16)9-5-13(6-9)7-17-8-13/h9-11,15H,2-8H2,1H3/t10-,11-/m1/s1. The number of aliphatic hydroxyl groups is 1. The van der Waals surface area contributed by atoms with Crippen LogP contribution in [0.25, 0.3) is 0 Å². The SMILES string of the molecule is CN(C(=O)C1CC2(CSC2)C1)[C@@H]1CCC[C@H]1O. The Morgan fingerprint density at radius 2 is 2.06 bits per heavy atom.